The summed E-state index contributed by atoms with van der Waals surface area (Å²) in [6.45, 7) is 4.52. The number of carbonyl (C=O) groups is 1. The van der Waals surface area contributed by atoms with Crippen LogP contribution in [0, 0.1) is 28.6 Å². The van der Waals surface area contributed by atoms with Crippen molar-refractivity contribution in [2.75, 3.05) is 12.4 Å². The second kappa shape index (κ2) is 6.37. The van der Waals surface area contributed by atoms with E-state index in [1.165, 1.54) is 0 Å². The molecule has 0 aromatic rings. The average Bonchev–Trinajstić information content (AvgIpc) is 3.26. The van der Waals surface area contributed by atoms with Crippen LogP contribution in [-0.2, 0) is 9.53 Å². The van der Waals surface area contributed by atoms with E-state index in [1.807, 2.05) is 28.5 Å². The van der Waals surface area contributed by atoms with Crippen LogP contribution in [-0.4, -0.2) is 23.1 Å². The highest BCUT2D eigenvalue weighted by atomic mass is 33.1. The highest BCUT2D eigenvalue weighted by Gasteiger charge is 2.63. The van der Waals surface area contributed by atoms with Crippen molar-refractivity contribution in [1.29, 1.82) is 0 Å². The minimum atomic E-state index is -0.581. The van der Waals surface area contributed by atoms with Crippen molar-refractivity contribution in [3.8, 4) is 0 Å². The largest absolute Gasteiger partial charge is 0.465 e. The third kappa shape index (κ3) is 2.36. The van der Waals surface area contributed by atoms with Crippen molar-refractivity contribution in [2.24, 2.45) is 28.6 Å². The van der Waals surface area contributed by atoms with E-state index >= 15 is 0 Å². The lowest BCUT2D eigenvalue weighted by Crippen LogP contribution is -2.53. The summed E-state index contributed by atoms with van der Waals surface area (Å²) in [5.74, 6) is 0.902. The van der Waals surface area contributed by atoms with Gasteiger partial charge in [-0.25, -0.2) is 8.78 Å². The number of allylic oxidation sites excluding steroid dienone is 3. The second-order valence-electron chi connectivity index (χ2n) is 9.58. The van der Waals surface area contributed by atoms with Crippen LogP contribution in [0.4, 0.5) is 8.78 Å². The van der Waals surface area contributed by atoms with Crippen molar-refractivity contribution >= 4 is 27.6 Å². The summed E-state index contributed by atoms with van der Waals surface area (Å²) in [6, 6.07) is 0. The van der Waals surface area contributed by atoms with Gasteiger partial charge in [0.15, 0.2) is 0 Å². The first-order valence-electron chi connectivity index (χ1n) is 10.2. The summed E-state index contributed by atoms with van der Waals surface area (Å²) in [4.78, 5) is 12.4. The Morgan fingerprint density at radius 2 is 1.93 bits per heavy atom. The molecule has 2 saturated carbocycles. The molecular formula is C22H26F2O2S2. The smallest absolute Gasteiger partial charge is 0.312 e. The maximum atomic E-state index is 14.3. The van der Waals surface area contributed by atoms with Gasteiger partial charge in [-0.05, 0) is 67.4 Å². The zero-order chi connectivity index (χ0) is 19.7. The number of fused-ring (bicyclic) bond motifs is 5. The van der Waals surface area contributed by atoms with E-state index in [1.54, 1.807) is 0 Å². The van der Waals surface area contributed by atoms with Crippen LogP contribution in [0.2, 0.25) is 0 Å². The third-order valence-corrected chi connectivity index (χ3v) is 11.6. The number of halogens is 2. The molecule has 152 valence electrons. The van der Waals surface area contributed by atoms with Crippen molar-refractivity contribution < 1.29 is 18.3 Å². The molecule has 0 N–H and O–H groups in total. The summed E-state index contributed by atoms with van der Waals surface area (Å²) in [7, 11) is 3.78. The number of ether oxygens (including phenoxy) is 1. The molecule has 0 aromatic heterocycles. The summed E-state index contributed by atoms with van der Waals surface area (Å²) < 4.78 is 34.1. The van der Waals surface area contributed by atoms with Gasteiger partial charge in [0.25, 0.3) is 0 Å². The summed E-state index contributed by atoms with van der Waals surface area (Å²) in [5.41, 5.74) is 1.10. The van der Waals surface area contributed by atoms with Gasteiger partial charge in [-0.2, -0.15) is 0 Å². The molecule has 2 heterocycles. The van der Waals surface area contributed by atoms with Crippen LogP contribution in [0.25, 0.3) is 0 Å². The van der Waals surface area contributed by atoms with Gasteiger partial charge in [-0.15, -0.1) is 0 Å². The SMILES string of the molecule is C[C@]12CCC3(C=C1C(=C/F)/C(=C/F)[C@@H]1[C@@H]2CC[C@]2(C)C(=O)OC[C@@H]12)CCSS3. The first-order chi connectivity index (χ1) is 13.4. The molecule has 28 heavy (non-hydrogen) atoms. The zero-order valence-electron chi connectivity index (χ0n) is 16.3. The van der Waals surface area contributed by atoms with Gasteiger partial charge >= 0.3 is 5.97 Å². The van der Waals surface area contributed by atoms with Crippen molar-refractivity contribution in [2.45, 2.75) is 50.7 Å². The van der Waals surface area contributed by atoms with Crippen LogP contribution >= 0.6 is 21.6 Å². The molecule has 5 aliphatic rings. The Morgan fingerprint density at radius 1 is 1.11 bits per heavy atom. The molecule has 0 amide bonds. The lowest BCUT2D eigenvalue weighted by Gasteiger charge is -2.58. The number of hydrogen-bond donors (Lipinski definition) is 0. The number of cyclic esters (lactones) is 1. The first-order valence-corrected chi connectivity index (χ1v) is 12.5. The van der Waals surface area contributed by atoms with Gasteiger partial charge in [-0.3, -0.25) is 4.79 Å². The Kier molecular flexibility index (Phi) is 4.38. The molecule has 6 atom stereocenters. The van der Waals surface area contributed by atoms with Crippen molar-refractivity contribution in [3.05, 3.63) is 35.5 Å². The highest BCUT2D eigenvalue weighted by molar-refractivity contribution is 8.77. The van der Waals surface area contributed by atoms with Gasteiger partial charge in [0, 0.05) is 22.0 Å². The molecule has 3 aliphatic carbocycles. The zero-order valence-corrected chi connectivity index (χ0v) is 17.9. The van der Waals surface area contributed by atoms with E-state index in [-0.39, 0.29) is 33.9 Å². The normalized spacial score (nSPS) is 50.4. The molecule has 1 unspecified atom stereocenters. The van der Waals surface area contributed by atoms with Gasteiger partial charge < -0.3 is 4.74 Å². The van der Waals surface area contributed by atoms with Crippen molar-refractivity contribution in [3.63, 3.8) is 0 Å². The fraction of sp³-hybridized carbons (Fsp3) is 0.682. The standard InChI is InChI=1S/C22H26F2O2S2/c1-20-5-6-22(7-8-27-28-22)9-16(20)13(10-23)14(11-24)18-15(20)3-4-21(2)17(18)12-26-19(21)25/h9-11,15,17-18H,3-8,12H2,1-2H3/b13-10+,14-11-/t15-,17-,18+,20+,21-,22?/m0/s1. The average molecular weight is 425 g/mol. The fourth-order valence-electron chi connectivity index (χ4n) is 6.66. The molecule has 2 nitrogen and oxygen atoms in total. The van der Waals surface area contributed by atoms with Crippen LogP contribution in [0.3, 0.4) is 0 Å². The molecular weight excluding hydrogens is 398 g/mol. The Bertz CT molecular complexity index is 813. The predicted molar refractivity (Wildman–Crippen MR) is 110 cm³/mol. The predicted octanol–water partition coefficient (Wildman–Crippen LogP) is 6.16. The maximum absolute atomic E-state index is 14.3. The quantitative estimate of drug-likeness (QED) is 0.343. The van der Waals surface area contributed by atoms with Crippen LogP contribution in [0.5, 0.6) is 0 Å². The Hall–Kier alpha value is -0.750. The van der Waals surface area contributed by atoms with E-state index in [2.05, 4.69) is 13.0 Å². The van der Waals surface area contributed by atoms with Gasteiger partial charge in [0.1, 0.15) is 0 Å². The molecule has 4 fully saturated rings. The third-order valence-electron chi connectivity index (χ3n) is 8.45. The van der Waals surface area contributed by atoms with E-state index < -0.39 is 5.41 Å². The van der Waals surface area contributed by atoms with E-state index in [0.29, 0.717) is 30.4 Å². The van der Waals surface area contributed by atoms with Crippen LogP contribution in [0.1, 0.15) is 46.0 Å². The maximum Gasteiger partial charge on any atom is 0.312 e. The van der Waals surface area contributed by atoms with E-state index in [0.717, 1.165) is 43.4 Å². The summed E-state index contributed by atoms with van der Waals surface area (Å²) >= 11 is 0. The monoisotopic (exact) mass is 424 g/mol. The lowest BCUT2D eigenvalue weighted by atomic mass is 9.45. The van der Waals surface area contributed by atoms with Gasteiger partial charge in [0.05, 0.1) is 24.7 Å². The molecule has 6 heteroatoms. The molecule has 0 radical (unpaired) electrons. The Labute approximate surface area is 173 Å². The van der Waals surface area contributed by atoms with Crippen LogP contribution < -0.4 is 0 Å². The molecule has 2 aliphatic heterocycles. The number of carbonyl (C=O) groups excluding carboxylic acids is 1. The Morgan fingerprint density at radius 3 is 2.61 bits per heavy atom. The topological polar surface area (TPSA) is 26.3 Å². The minimum absolute atomic E-state index is 0.0532. The lowest BCUT2D eigenvalue weighted by molar-refractivity contribution is -0.147. The molecule has 2 saturated heterocycles. The fourth-order valence-corrected chi connectivity index (χ4v) is 9.94. The minimum Gasteiger partial charge on any atom is -0.465 e. The van der Waals surface area contributed by atoms with E-state index in [9.17, 15) is 13.6 Å². The van der Waals surface area contributed by atoms with Crippen LogP contribution in [0.15, 0.2) is 35.5 Å². The number of hydrogen-bond acceptors (Lipinski definition) is 4. The number of rotatable bonds is 0. The number of esters is 1. The molecule has 0 aromatic carbocycles. The van der Waals surface area contributed by atoms with Gasteiger partial charge in [-0.1, -0.05) is 34.6 Å². The van der Waals surface area contributed by atoms with Gasteiger partial charge in [0.2, 0.25) is 0 Å². The first kappa shape index (κ1) is 19.2. The van der Waals surface area contributed by atoms with E-state index in [4.69, 9.17) is 4.74 Å². The highest BCUT2D eigenvalue weighted by Crippen LogP contribution is 2.68. The Balaban J connectivity index is 1.65. The molecule has 5 rings (SSSR count). The molecule has 1 spiro atoms. The summed E-state index contributed by atoms with van der Waals surface area (Å²) in [6.07, 6.45) is 8.28. The molecule has 0 bridgehead atoms. The summed E-state index contributed by atoms with van der Waals surface area (Å²) in [5, 5.41) is 0. The van der Waals surface area contributed by atoms with Crippen molar-refractivity contribution in [1.82, 2.24) is 0 Å². The second-order valence-corrected chi connectivity index (χ2v) is 12.4.